The van der Waals surface area contributed by atoms with Gasteiger partial charge in [-0.2, -0.15) is 36.4 Å². The normalized spacial score (nSPS) is 24.5. The number of hydrogen-bond acceptors (Lipinski definition) is 11. The minimum atomic E-state index is -4.90. The molecule has 2 aliphatic heterocycles. The number of amides is 4. The number of nitrogens with one attached hydrogen (secondary N) is 1. The number of fused-ring (bicyclic) bond motifs is 4. The van der Waals surface area contributed by atoms with Crippen molar-refractivity contribution in [2.24, 2.45) is 23.7 Å². The molecule has 13 nitrogen and oxygen atoms in total. The third kappa shape index (κ3) is 6.86. The van der Waals surface area contributed by atoms with Gasteiger partial charge in [-0.05, 0) is 72.4 Å². The number of allylic oxidation sites excluding steroid dienone is 2. The number of imide groups is 2. The monoisotopic (exact) mass is 938 g/mol. The molecule has 4 heterocycles. The van der Waals surface area contributed by atoms with Gasteiger partial charge in [0.2, 0.25) is 5.75 Å². The van der Waals surface area contributed by atoms with Crippen LogP contribution in [0.25, 0.3) is 0 Å². The largest absolute Gasteiger partial charge is 0.502 e. The number of benzene rings is 2. The van der Waals surface area contributed by atoms with Gasteiger partial charge in [0, 0.05) is 24.2 Å². The van der Waals surface area contributed by atoms with Gasteiger partial charge in [0.25, 0.3) is 23.6 Å². The average molecular weight is 940 g/mol. The van der Waals surface area contributed by atoms with E-state index in [1.807, 2.05) is 0 Å². The Bertz CT molecular complexity index is 2610. The molecule has 2 aromatic heterocycles. The van der Waals surface area contributed by atoms with Crippen molar-refractivity contribution in [3.8, 4) is 17.2 Å². The SMILES string of the molecule is COc1cc(C2C3=CCC4C(=O)N(N(C)c5nc(C(F)(F)F)ccc5Cl)C(=O)C4C3CC3C(=O)N(Nc4ncc(C(F)(F)F)cc4Cl)C(=O)C32c2ccc(Cl)cc2)cc(OC)c1O. The molecule has 6 unspecified atom stereocenters. The Labute approximate surface area is 368 Å². The summed E-state index contributed by atoms with van der Waals surface area (Å²) in [6.45, 7) is 0. The molecular formula is C41H31Cl3F6N6O7. The van der Waals surface area contributed by atoms with Gasteiger partial charge in [0.05, 0.1) is 53.0 Å². The maximum Gasteiger partial charge on any atom is 0.433 e. The summed E-state index contributed by atoms with van der Waals surface area (Å²) in [7, 11) is 3.68. The van der Waals surface area contributed by atoms with Crippen molar-refractivity contribution in [3.05, 3.63) is 110 Å². The first kappa shape index (κ1) is 43.8. The summed E-state index contributed by atoms with van der Waals surface area (Å²) in [4.78, 5) is 66.9. The molecule has 22 heteroatoms. The van der Waals surface area contributed by atoms with Crippen LogP contribution in [-0.4, -0.2) is 70.0 Å². The molecule has 2 saturated heterocycles. The Hall–Kier alpha value is -5.79. The van der Waals surface area contributed by atoms with Crippen molar-refractivity contribution in [1.29, 1.82) is 0 Å². The van der Waals surface area contributed by atoms with Crippen LogP contribution in [0.4, 0.5) is 38.0 Å². The molecule has 4 amide bonds. The lowest BCUT2D eigenvalue weighted by Gasteiger charge is -2.50. The van der Waals surface area contributed by atoms with E-state index in [1.165, 1.54) is 50.6 Å². The fraction of sp³-hybridized carbons (Fsp3) is 0.317. The predicted octanol–water partition coefficient (Wildman–Crippen LogP) is 8.23. The first-order chi connectivity index (χ1) is 29.6. The number of anilines is 2. The number of halogens is 9. The second-order valence-electron chi connectivity index (χ2n) is 15.2. The van der Waals surface area contributed by atoms with E-state index in [4.69, 9.17) is 44.3 Å². The molecule has 63 heavy (non-hydrogen) atoms. The number of pyridine rings is 2. The molecule has 0 bridgehead atoms. The molecule has 0 spiro atoms. The predicted molar refractivity (Wildman–Crippen MR) is 213 cm³/mol. The van der Waals surface area contributed by atoms with Gasteiger partial charge in [0.15, 0.2) is 23.1 Å². The number of hydrogen-bond donors (Lipinski definition) is 2. The number of phenolic OH excluding ortho intramolecular Hbond substituents is 1. The lowest BCUT2D eigenvalue weighted by molar-refractivity contribution is -0.142. The van der Waals surface area contributed by atoms with E-state index in [-0.39, 0.29) is 45.5 Å². The lowest BCUT2D eigenvalue weighted by Crippen LogP contribution is -2.53. The number of aromatic nitrogens is 2. The van der Waals surface area contributed by atoms with Gasteiger partial charge in [0.1, 0.15) is 5.69 Å². The fourth-order valence-electron chi connectivity index (χ4n) is 9.43. The fourth-order valence-corrected chi connectivity index (χ4v) is 9.99. The van der Waals surface area contributed by atoms with Crippen molar-refractivity contribution in [1.82, 2.24) is 20.0 Å². The number of methoxy groups -OCH3 is 2. The molecule has 2 aliphatic carbocycles. The second kappa shape index (κ2) is 15.5. The number of aromatic hydroxyl groups is 1. The van der Waals surface area contributed by atoms with Crippen molar-refractivity contribution in [2.75, 3.05) is 31.7 Å². The summed E-state index contributed by atoms with van der Waals surface area (Å²) in [5, 5.41) is 12.5. The molecular weight excluding hydrogens is 909 g/mol. The highest BCUT2D eigenvalue weighted by atomic mass is 35.5. The van der Waals surface area contributed by atoms with Gasteiger partial charge in [-0.1, -0.05) is 58.6 Å². The highest BCUT2D eigenvalue weighted by Crippen LogP contribution is 2.65. The van der Waals surface area contributed by atoms with E-state index in [0.29, 0.717) is 33.9 Å². The third-order valence-electron chi connectivity index (χ3n) is 12.1. The minimum absolute atomic E-state index is 0.110. The van der Waals surface area contributed by atoms with Crippen LogP contribution in [0.2, 0.25) is 15.1 Å². The standard InChI is InChI=1S/C41H31Cl3F6N6O7/c1-54(34-25(43)10-11-29(52-34)41(48,49)50)56-35(58)22-9-8-21-23(30(22)37(56)60)15-24-36(59)55(53-33-26(44)14-19(16-51-33)40(45,46)47)38(61)39(24,18-4-6-20(42)7-5-18)31(21)17-12-27(62-2)32(57)28(13-17)63-3/h4-8,10-14,16,22-24,30-31,57H,9,15H2,1-3H3,(H,51,53). The molecule has 2 N–H and O–H groups in total. The van der Waals surface area contributed by atoms with E-state index in [0.717, 1.165) is 18.1 Å². The number of phenols is 1. The molecule has 4 aromatic rings. The van der Waals surface area contributed by atoms with Gasteiger partial charge < -0.3 is 14.6 Å². The summed E-state index contributed by atoms with van der Waals surface area (Å²) in [5.74, 6) is -11.2. The van der Waals surface area contributed by atoms with E-state index >= 15 is 9.59 Å². The minimum Gasteiger partial charge on any atom is -0.502 e. The second-order valence-corrected chi connectivity index (χ2v) is 16.5. The molecule has 6 atom stereocenters. The van der Waals surface area contributed by atoms with Crippen LogP contribution in [0, 0.1) is 23.7 Å². The zero-order chi connectivity index (χ0) is 45.7. The van der Waals surface area contributed by atoms with Gasteiger partial charge in [-0.25, -0.2) is 9.97 Å². The Morgan fingerprint density at radius 2 is 1.51 bits per heavy atom. The third-order valence-corrected chi connectivity index (χ3v) is 12.9. The quantitative estimate of drug-likeness (QED) is 0.0998. The Balaban J connectivity index is 1.31. The van der Waals surface area contributed by atoms with Crippen LogP contribution < -0.4 is 19.9 Å². The maximum atomic E-state index is 15.5. The highest BCUT2D eigenvalue weighted by Gasteiger charge is 2.71. The Morgan fingerprint density at radius 3 is 2.10 bits per heavy atom. The van der Waals surface area contributed by atoms with Crippen molar-refractivity contribution >= 4 is 70.1 Å². The Morgan fingerprint density at radius 1 is 0.857 bits per heavy atom. The molecule has 8 rings (SSSR count). The van der Waals surface area contributed by atoms with Crippen molar-refractivity contribution in [2.45, 2.75) is 36.5 Å². The number of ether oxygens (including phenoxy) is 2. The van der Waals surface area contributed by atoms with Crippen LogP contribution in [0.3, 0.4) is 0 Å². The smallest absolute Gasteiger partial charge is 0.433 e. The average Bonchev–Trinajstić information content (AvgIpc) is 3.61. The zero-order valence-corrected chi connectivity index (χ0v) is 35.0. The summed E-state index contributed by atoms with van der Waals surface area (Å²) in [6, 6.07) is 11.0. The van der Waals surface area contributed by atoms with Crippen LogP contribution in [0.1, 0.15) is 41.1 Å². The molecule has 2 aromatic carbocycles. The summed E-state index contributed by atoms with van der Waals surface area (Å²) >= 11 is 18.9. The lowest BCUT2D eigenvalue weighted by atomic mass is 9.49. The first-order valence-electron chi connectivity index (χ1n) is 18.8. The highest BCUT2D eigenvalue weighted by molar-refractivity contribution is 6.33. The number of rotatable bonds is 8. The van der Waals surface area contributed by atoms with Gasteiger partial charge in [-0.15, -0.1) is 0 Å². The molecule has 3 fully saturated rings. The molecule has 1 saturated carbocycles. The first-order valence-corrected chi connectivity index (χ1v) is 19.9. The number of hydrazine groups is 2. The number of carbonyl (C=O) groups excluding carboxylic acids is 4. The van der Waals surface area contributed by atoms with E-state index in [1.54, 1.807) is 6.08 Å². The van der Waals surface area contributed by atoms with Crippen molar-refractivity contribution in [3.63, 3.8) is 0 Å². The van der Waals surface area contributed by atoms with Crippen LogP contribution in [0.5, 0.6) is 17.2 Å². The number of nitrogens with zero attached hydrogens (tertiary/aromatic N) is 5. The molecule has 4 aliphatic rings. The van der Waals surface area contributed by atoms with Crippen molar-refractivity contribution < 1.29 is 60.1 Å². The molecule has 330 valence electrons. The zero-order valence-electron chi connectivity index (χ0n) is 32.7. The van der Waals surface area contributed by atoms with Crippen LogP contribution in [0.15, 0.2) is 72.4 Å². The number of alkyl halides is 6. The van der Waals surface area contributed by atoms with Gasteiger partial charge in [-0.3, -0.25) is 29.6 Å². The van der Waals surface area contributed by atoms with Crippen LogP contribution >= 0.6 is 34.8 Å². The summed E-state index contributed by atoms with van der Waals surface area (Å²) in [6.07, 6.45) is -8.00. The summed E-state index contributed by atoms with van der Waals surface area (Å²) in [5.41, 5.74) is -1.10. The topological polar surface area (TPSA) is 154 Å². The van der Waals surface area contributed by atoms with Gasteiger partial charge >= 0.3 is 12.4 Å². The van der Waals surface area contributed by atoms with Crippen LogP contribution in [-0.2, 0) is 36.9 Å². The molecule has 0 radical (unpaired) electrons. The Kier molecular flexibility index (Phi) is 10.8. The number of carbonyl (C=O) groups is 4. The van der Waals surface area contributed by atoms with E-state index in [2.05, 4.69) is 15.4 Å². The van der Waals surface area contributed by atoms with E-state index < -0.39 is 105 Å². The summed E-state index contributed by atoms with van der Waals surface area (Å²) < 4.78 is 93.0. The maximum absolute atomic E-state index is 15.5. The van der Waals surface area contributed by atoms with E-state index in [9.17, 15) is 41.0 Å².